The molecule has 2 aliphatic heterocycles. The van der Waals surface area contributed by atoms with Crippen molar-refractivity contribution in [3.63, 3.8) is 0 Å². The van der Waals surface area contributed by atoms with E-state index < -0.39 is 21.4 Å². The molecule has 1 aromatic carbocycles. The first-order chi connectivity index (χ1) is 15.8. The molecule has 1 saturated heterocycles. The van der Waals surface area contributed by atoms with E-state index >= 15 is 0 Å². The molecule has 0 spiro atoms. The first-order valence-electron chi connectivity index (χ1n) is 10.5. The van der Waals surface area contributed by atoms with Crippen LogP contribution in [0.25, 0.3) is 0 Å². The second-order valence-electron chi connectivity index (χ2n) is 8.37. The lowest BCUT2D eigenvalue weighted by Gasteiger charge is -2.42. The molecule has 33 heavy (non-hydrogen) atoms. The van der Waals surface area contributed by atoms with Crippen LogP contribution in [0.15, 0.2) is 70.5 Å². The zero-order valence-electron chi connectivity index (χ0n) is 17.5. The number of piperidine rings is 1. The van der Waals surface area contributed by atoms with Crippen LogP contribution in [0.4, 0.5) is 10.1 Å². The van der Waals surface area contributed by atoms with Crippen molar-refractivity contribution in [2.24, 2.45) is 5.92 Å². The number of fused-ring (bicyclic) bond motifs is 4. The molecular formula is C23H21FN4O4S. The number of pyridine rings is 2. The van der Waals surface area contributed by atoms with Crippen LogP contribution in [0.2, 0.25) is 0 Å². The maximum absolute atomic E-state index is 13.5. The lowest BCUT2D eigenvalue weighted by molar-refractivity contribution is 0.0589. The standard InChI is InChI=1S/C23H21FN4O4S/c24-17-4-3-5-18(11-17)33(31,32)26-20-7-8-21-16-10-15(13-28(21)23(20)30)12-27(14-16)22(29)19-6-1-2-9-25-19/h1-9,11,15-16,26H,10,12-14H2/t15-,16+/m0/s1. The normalized spacial score (nSPS) is 19.6. The van der Waals surface area contributed by atoms with E-state index in [0.717, 1.165) is 24.2 Å². The number of hydrogen-bond acceptors (Lipinski definition) is 5. The van der Waals surface area contributed by atoms with Gasteiger partial charge < -0.3 is 9.47 Å². The fourth-order valence-electron chi connectivity index (χ4n) is 4.68. The number of anilines is 1. The number of amides is 1. The van der Waals surface area contributed by atoms with Gasteiger partial charge in [-0.1, -0.05) is 12.1 Å². The predicted octanol–water partition coefficient (Wildman–Crippen LogP) is 2.44. The third-order valence-electron chi connectivity index (χ3n) is 6.13. The Hall–Kier alpha value is -3.53. The van der Waals surface area contributed by atoms with Crippen LogP contribution in [0.3, 0.4) is 0 Å². The summed E-state index contributed by atoms with van der Waals surface area (Å²) in [6, 6.07) is 13.0. The van der Waals surface area contributed by atoms with Gasteiger partial charge >= 0.3 is 0 Å². The van der Waals surface area contributed by atoms with E-state index in [1.165, 1.54) is 18.2 Å². The van der Waals surface area contributed by atoms with Crippen molar-refractivity contribution in [2.45, 2.75) is 23.8 Å². The average molecular weight is 469 g/mol. The van der Waals surface area contributed by atoms with Crippen LogP contribution in [0.5, 0.6) is 0 Å². The van der Waals surface area contributed by atoms with Gasteiger partial charge in [0.25, 0.3) is 21.5 Å². The highest BCUT2D eigenvalue weighted by Crippen LogP contribution is 2.36. The number of aromatic nitrogens is 2. The number of sulfonamides is 1. The topological polar surface area (TPSA) is 101 Å². The van der Waals surface area contributed by atoms with Gasteiger partial charge in [0, 0.05) is 37.4 Å². The van der Waals surface area contributed by atoms with Crippen molar-refractivity contribution in [1.29, 1.82) is 0 Å². The number of hydrogen-bond donors (Lipinski definition) is 1. The molecule has 0 saturated carbocycles. The number of rotatable bonds is 4. The van der Waals surface area contributed by atoms with Crippen molar-refractivity contribution in [3.8, 4) is 0 Å². The molecule has 10 heteroatoms. The summed E-state index contributed by atoms with van der Waals surface area (Å²) in [5, 5.41) is 0. The minimum Gasteiger partial charge on any atom is -0.336 e. The summed E-state index contributed by atoms with van der Waals surface area (Å²) in [7, 11) is -4.12. The van der Waals surface area contributed by atoms with Gasteiger partial charge in [-0.05, 0) is 54.8 Å². The predicted molar refractivity (Wildman–Crippen MR) is 119 cm³/mol. The Labute approximate surface area is 189 Å². The number of halogens is 1. The van der Waals surface area contributed by atoms with Gasteiger partial charge in [-0.3, -0.25) is 19.3 Å². The summed E-state index contributed by atoms with van der Waals surface area (Å²) in [6.07, 6.45) is 2.43. The Balaban J connectivity index is 1.41. The quantitative estimate of drug-likeness (QED) is 0.634. The fraction of sp³-hybridized carbons (Fsp3) is 0.261. The number of carbonyl (C=O) groups excluding carboxylic acids is 1. The maximum Gasteiger partial charge on any atom is 0.275 e. The summed E-state index contributed by atoms with van der Waals surface area (Å²) in [4.78, 5) is 31.7. The zero-order valence-corrected chi connectivity index (χ0v) is 18.3. The summed E-state index contributed by atoms with van der Waals surface area (Å²) in [6.45, 7) is 1.34. The van der Waals surface area contributed by atoms with Gasteiger partial charge in [0.05, 0.1) is 4.90 Å². The van der Waals surface area contributed by atoms with Crippen LogP contribution in [0, 0.1) is 11.7 Å². The average Bonchev–Trinajstić information content (AvgIpc) is 2.81. The molecule has 2 atom stereocenters. The Kier molecular flexibility index (Phi) is 5.24. The Morgan fingerprint density at radius 1 is 1.06 bits per heavy atom. The van der Waals surface area contributed by atoms with Gasteiger partial charge in [0.2, 0.25) is 0 Å². The molecular weight excluding hydrogens is 447 g/mol. The molecule has 2 bridgehead atoms. The Morgan fingerprint density at radius 2 is 1.91 bits per heavy atom. The van der Waals surface area contributed by atoms with E-state index in [1.807, 2.05) is 0 Å². The number of likely N-dealkylation sites (tertiary alicyclic amines) is 1. The van der Waals surface area contributed by atoms with Gasteiger partial charge in [-0.2, -0.15) is 0 Å². The van der Waals surface area contributed by atoms with Crippen molar-refractivity contribution in [2.75, 3.05) is 17.8 Å². The highest BCUT2D eigenvalue weighted by Gasteiger charge is 2.37. The molecule has 1 fully saturated rings. The van der Waals surface area contributed by atoms with Crippen molar-refractivity contribution in [1.82, 2.24) is 14.5 Å². The number of benzene rings is 1. The smallest absolute Gasteiger partial charge is 0.275 e. The number of nitrogens with one attached hydrogen (secondary N) is 1. The van der Waals surface area contributed by atoms with Crippen LogP contribution in [-0.4, -0.2) is 41.9 Å². The number of nitrogens with zero attached hydrogens (tertiary/aromatic N) is 3. The van der Waals surface area contributed by atoms with E-state index in [4.69, 9.17) is 0 Å². The summed E-state index contributed by atoms with van der Waals surface area (Å²) in [5.41, 5.74) is 0.608. The van der Waals surface area contributed by atoms with Crippen LogP contribution in [0.1, 0.15) is 28.5 Å². The third-order valence-corrected chi connectivity index (χ3v) is 7.49. The highest BCUT2D eigenvalue weighted by molar-refractivity contribution is 7.92. The SMILES string of the molecule is O=C(c1ccccn1)N1C[C@@H]2C[C@H](C1)c1ccc(NS(=O)(=O)c3cccc(F)c3)c(=O)n1C2. The number of carbonyl (C=O) groups is 1. The molecule has 5 rings (SSSR count). The van der Waals surface area contributed by atoms with Gasteiger partial charge in [0.15, 0.2) is 0 Å². The Bertz CT molecular complexity index is 1390. The highest BCUT2D eigenvalue weighted by atomic mass is 32.2. The fourth-order valence-corrected chi connectivity index (χ4v) is 5.77. The van der Waals surface area contributed by atoms with E-state index in [-0.39, 0.29) is 28.3 Å². The molecule has 2 aromatic heterocycles. The molecule has 1 amide bonds. The van der Waals surface area contributed by atoms with E-state index in [0.29, 0.717) is 25.3 Å². The van der Waals surface area contributed by atoms with Gasteiger partial charge in [-0.15, -0.1) is 0 Å². The molecule has 4 heterocycles. The molecule has 2 aliphatic rings. The van der Waals surface area contributed by atoms with Crippen LogP contribution in [-0.2, 0) is 16.6 Å². The largest absolute Gasteiger partial charge is 0.336 e. The van der Waals surface area contributed by atoms with Gasteiger partial charge in [-0.25, -0.2) is 12.8 Å². The molecule has 3 aromatic rings. The van der Waals surface area contributed by atoms with Crippen LogP contribution < -0.4 is 10.3 Å². The molecule has 8 nitrogen and oxygen atoms in total. The van der Waals surface area contributed by atoms with E-state index in [1.54, 1.807) is 39.9 Å². The molecule has 0 radical (unpaired) electrons. The lowest BCUT2D eigenvalue weighted by atomic mass is 9.83. The van der Waals surface area contributed by atoms with E-state index in [2.05, 4.69) is 9.71 Å². The first kappa shape index (κ1) is 21.3. The van der Waals surface area contributed by atoms with Crippen molar-refractivity contribution >= 4 is 21.6 Å². The first-order valence-corrected chi connectivity index (χ1v) is 12.0. The molecule has 1 N–H and O–H groups in total. The Morgan fingerprint density at radius 3 is 2.67 bits per heavy atom. The molecule has 0 aliphatic carbocycles. The van der Waals surface area contributed by atoms with Crippen molar-refractivity contribution < 1.29 is 17.6 Å². The minimum atomic E-state index is -4.12. The summed E-state index contributed by atoms with van der Waals surface area (Å²) >= 11 is 0. The molecule has 0 unspecified atom stereocenters. The molecule has 170 valence electrons. The van der Waals surface area contributed by atoms with Crippen LogP contribution >= 0.6 is 0 Å². The summed E-state index contributed by atoms with van der Waals surface area (Å²) in [5.74, 6) is -0.790. The van der Waals surface area contributed by atoms with Crippen molar-refractivity contribution in [3.05, 3.63) is 88.4 Å². The second-order valence-corrected chi connectivity index (χ2v) is 10.1. The minimum absolute atomic E-state index is 0.0354. The third kappa shape index (κ3) is 4.02. The van der Waals surface area contributed by atoms with E-state index in [9.17, 15) is 22.4 Å². The summed E-state index contributed by atoms with van der Waals surface area (Å²) < 4.78 is 42.7. The lowest BCUT2D eigenvalue weighted by Crippen LogP contribution is -2.49. The second kappa shape index (κ2) is 8.11. The zero-order chi connectivity index (χ0) is 23.2. The van der Waals surface area contributed by atoms with Gasteiger partial charge in [0.1, 0.15) is 17.2 Å². The monoisotopic (exact) mass is 468 g/mol. The maximum atomic E-state index is 13.5.